The molecule has 0 heterocycles. The zero-order valence-electron chi connectivity index (χ0n) is 12.4. The number of nitrogens with one attached hydrogen (secondary N) is 1. The Kier molecular flexibility index (Phi) is 8.18. The van der Waals surface area contributed by atoms with E-state index in [1.54, 1.807) is 26.3 Å². The van der Waals surface area contributed by atoms with E-state index in [1.807, 2.05) is 6.92 Å². The first-order valence-electron chi connectivity index (χ1n) is 6.85. The lowest BCUT2D eigenvalue weighted by Crippen LogP contribution is -2.14. The second-order valence-corrected chi connectivity index (χ2v) is 4.50. The van der Waals surface area contributed by atoms with Crippen molar-refractivity contribution in [2.45, 2.75) is 19.4 Å². The summed E-state index contributed by atoms with van der Waals surface area (Å²) >= 11 is 0. The van der Waals surface area contributed by atoms with Crippen LogP contribution >= 0.6 is 0 Å². The second kappa shape index (κ2) is 9.69. The lowest BCUT2D eigenvalue weighted by atomic mass is 10.1. The summed E-state index contributed by atoms with van der Waals surface area (Å²) in [5.41, 5.74) is 0.635. The first-order valence-corrected chi connectivity index (χ1v) is 6.85. The van der Waals surface area contributed by atoms with Gasteiger partial charge in [0.25, 0.3) is 0 Å². The zero-order chi connectivity index (χ0) is 14.8. The third kappa shape index (κ3) is 5.86. The molecular weight excluding hydrogens is 261 g/mol. The molecule has 4 nitrogen and oxygen atoms in total. The fraction of sp³-hybridized carbons (Fsp3) is 0.600. The maximum Gasteiger partial charge on any atom is 0.131 e. The van der Waals surface area contributed by atoms with Gasteiger partial charge in [0, 0.05) is 38.0 Å². The minimum absolute atomic E-state index is 0.0202. The van der Waals surface area contributed by atoms with Crippen LogP contribution in [0, 0.1) is 5.82 Å². The molecule has 0 spiro atoms. The Morgan fingerprint density at radius 3 is 2.65 bits per heavy atom. The molecule has 0 radical (unpaired) electrons. The Morgan fingerprint density at radius 2 is 2.00 bits per heavy atom. The number of methoxy groups -OCH3 is 1. The average Bonchev–Trinajstić information content (AvgIpc) is 2.45. The largest absolute Gasteiger partial charge is 0.491 e. The van der Waals surface area contributed by atoms with Crippen molar-refractivity contribution in [3.05, 3.63) is 29.6 Å². The lowest BCUT2D eigenvalue weighted by molar-refractivity contribution is 0.0805. The first-order chi connectivity index (χ1) is 9.69. The van der Waals surface area contributed by atoms with Crippen LogP contribution < -0.4 is 10.1 Å². The summed E-state index contributed by atoms with van der Waals surface area (Å²) in [5.74, 6) is 0.264. The van der Waals surface area contributed by atoms with Crippen LogP contribution in [0.4, 0.5) is 4.39 Å². The average molecular weight is 285 g/mol. The molecule has 0 aromatic heterocycles. The van der Waals surface area contributed by atoms with Crippen LogP contribution in [0.25, 0.3) is 0 Å². The van der Waals surface area contributed by atoms with Gasteiger partial charge < -0.3 is 19.5 Å². The highest BCUT2D eigenvalue weighted by Gasteiger charge is 2.09. The number of hydrogen-bond donors (Lipinski definition) is 1. The molecule has 1 N–H and O–H groups in total. The van der Waals surface area contributed by atoms with Gasteiger partial charge in [0.05, 0.1) is 6.61 Å². The Hall–Kier alpha value is -1.17. The van der Waals surface area contributed by atoms with Gasteiger partial charge in [-0.3, -0.25) is 0 Å². The Balaban J connectivity index is 2.29. The maximum atomic E-state index is 13.8. The van der Waals surface area contributed by atoms with E-state index in [4.69, 9.17) is 14.2 Å². The summed E-state index contributed by atoms with van der Waals surface area (Å²) in [6.07, 6.45) is 0.863. The second-order valence-electron chi connectivity index (χ2n) is 4.50. The predicted octanol–water partition coefficient (Wildman–Crippen LogP) is 2.54. The number of rotatable bonds is 10. The summed E-state index contributed by atoms with van der Waals surface area (Å²) in [7, 11) is 3.46. The number of benzene rings is 1. The first kappa shape index (κ1) is 16.9. The molecule has 1 aromatic carbocycles. The van der Waals surface area contributed by atoms with Crippen molar-refractivity contribution < 1.29 is 18.6 Å². The van der Waals surface area contributed by atoms with E-state index >= 15 is 0 Å². The van der Waals surface area contributed by atoms with E-state index in [2.05, 4.69) is 5.32 Å². The molecule has 20 heavy (non-hydrogen) atoms. The summed E-state index contributed by atoms with van der Waals surface area (Å²) in [6.45, 7) is 4.14. The van der Waals surface area contributed by atoms with E-state index in [9.17, 15) is 4.39 Å². The summed E-state index contributed by atoms with van der Waals surface area (Å²) in [6, 6.07) is 4.91. The van der Waals surface area contributed by atoms with Crippen LogP contribution in [-0.4, -0.2) is 40.6 Å². The standard InChI is InChI=1S/C15H24FNO3/c1-12(17-2)14-6-5-13(11-15(14)16)20-10-9-19-8-4-7-18-3/h5-6,11-12,17H,4,7-10H2,1-3H3. The third-order valence-corrected chi connectivity index (χ3v) is 3.00. The van der Waals surface area contributed by atoms with Crippen molar-refractivity contribution in [3.8, 4) is 5.75 Å². The monoisotopic (exact) mass is 285 g/mol. The van der Waals surface area contributed by atoms with Gasteiger partial charge >= 0.3 is 0 Å². The van der Waals surface area contributed by atoms with Gasteiger partial charge in [0.15, 0.2) is 0 Å². The van der Waals surface area contributed by atoms with E-state index in [0.29, 0.717) is 37.7 Å². The van der Waals surface area contributed by atoms with Crippen molar-refractivity contribution in [1.29, 1.82) is 0 Å². The van der Waals surface area contributed by atoms with Crippen LogP contribution in [0.15, 0.2) is 18.2 Å². The molecule has 0 aliphatic rings. The van der Waals surface area contributed by atoms with Gasteiger partial charge in [-0.05, 0) is 26.5 Å². The lowest BCUT2D eigenvalue weighted by Gasteiger charge is -2.13. The highest BCUT2D eigenvalue weighted by molar-refractivity contribution is 5.30. The Labute approximate surface area is 120 Å². The van der Waals surface area contributed by atoms with Crippen LogP contribution in [0.5, 0.6) is 5.75 Å². The topological polar surface area (TPSA) is 39.7 Å². The van der Waals surface area contributed by atoms with Gasteiger partial charge in [-0.1, -0.05) is 6.07 Å². The molecule has 1 unspecified atom stereocenters. The maximum absolute atomic E-state index is 13.8. The fourth-order valence-corrected chi connectivity index (χ4v) is 1.73. The van der Waals surface area contributed by atoms with Crippen LogP contribution in [0.1, 0.15) is 24.9 Å². The van der Waals surface area contributed by atoms with Gasteiger partial charge in [-0.15, -0.1) is 0 Å². The molecular formula is C15H24FNO3. The number of ether oxygens (including phenoxy) is 3. The summed E-state index contributed by atoms with van der Waals surface area (Å²) < 4.78 is 29.6. The molecule has 0 saturated heterocycles. The van der Waals surface area contributed by atoms with Crippen LogP contribution in [0.2, 0.25) is 0 Å². The SMILES string of the molecule is CNC(C)c1ccc(OCCOCCCOC)cc1F. The highest BCUT2D eigenvalue weighted by Crippen LogP contribution is 2.21. The minimum atomic E-state index is -0.259. The van der Waals surface area contributed by atoms with Crippen LogP contribution in [0.3, 0.4) is 0 Å². The van der Waals surface area contributed by atoms with Crippen molar-refractivity contribution in [2.24, 2.45) is 0 Å². The van der Waals surface area contributed by atoms with Crippen molar-refractivity contribution in [1.82, 2.24) is 5.32 Å². The fourth-order valence-electron chi connectivity index (χ4n) is 1.73. The number of hydrogen-bond acceptors (Lipinski definition) is 4. The van der Waals surface area contributed by atoms with Crippen molar-refractivity contribution in [3.63, 3.8) is 0 Å². The van der Waals surface area contributed by atoms with Crippen LogP contribution in [-0.2, 0) is 9.47 Å². The molecule has 1 rings (SSSR count). The molecule has 0 bridgehead atoms. The Bertz CT molecular complexity index is 387. The molecule has 114 valence electrons. The third-order valence-electron chi connectivity index (χ3n) is 3.00. The van der Waals surface area contributed by atoms with Gasteiger partial charge in [0.1, 0.15) is 18.2 Å². The van der Waals surface area contributed by atoms with Crippen molar-refractivity contribution in [2.75, 3.05) is 40.6 Å². The zero-order valence-corrected chi connectivity index (χ0v) is 12.4. The molecule has 1 aromatic rings. The smallest absolute Gasteiger partial charge is 0.131 e. The predicted molar refractivity (Wildman–Crippen MR) is 76.7 cm³/mol. The normalized spacial score (nSPS) is 12.4. The molecule has 0 aliphatic carbocycles. The van der Waals surface area contributed by atoms with E-state index in [0.717, 1.165) is 6.42 Å². The van der Waals surface area contributed by atoms with Gasteiger partial charge in [0.2, 0.25) is 0 Å². The quantitative estimate of drug-likeness (QED) is 0.671. The van der Waals surface area contributed by atoms with E-state index in [-0.39, 0.29) is 11.9 Å². The molecule has 5 heteroatoms. The molecule has 0 amide bonds. The van der Waals surface area contributed by atoms with E-state index < -0.39 is 0 Å². The molecule has 0 saturated carbocycles. The molecule has 0 fully saturated rings. The van der Waals surface area contributed by atoms with Gasteiger partial charge in [-0.25, -0.2) is 4.39 Å². The van der Waals surface area contributed by atoms with E-state index in [1.165, 1.54) is 6.07 Å². The van der Waals surface area contributed by atoms with Crippen molar-refractivity contribution >= 4 is 0 Å². The summed E-state index contributed by atoms with van der Waals surface area (Å²) in [5, 5.41) is 3.01. The van der Waals surface area contributed by atoms with Gasteiger partial charge in [-0.2, -0.15) is 0 Å². The minimum Gasteiger partial charge on any atom is -0.491 e. The Morgan fingerprint density at radius 1 is 1.20 bits per heavy atom. The number of halogens is 1. The highest BCUT2D eigenvalue weighted by atomic mass is 19.1. The molecule has 1 atom stereocenters. The molecule has 0 aliphatic heterocycles. The summed E-state index contributed by atoms with van der Waals surface area (Å²) in [4.78, 5) is 0.